The number of ether oxygens (including phenoxy) is 1. The highest BCUT2D eigenvalue weighted by Crippen LogP contribution is 2.18. The van der Waals surface area contributed by atoms with Crippen LogP contribution < -0.4 is 15.8 Å². The topological polar surface area (TPSA) is 125 Å². The molecule has 118 valence electrons. The summed E-state index contributed by atoms with van der Waals surface area (Å²) in [7, 11) is 0. The second kappa shape index (κ2) is 7.03. The Balaban J connectivity index is 1.95. The van der Waals surface area contributed by atoms with E-state index in [2.05, 4.69) is 5.32 Å². The molecule has 0 radical (unpaired) electrons. The summed E-state index contributed by atoms with van der Waals surface area (Å²) >= 11 is 0. The lowest BCUT2D eigenvalue weighted by atomic mass is 10.1. The number of non-ortho nitro benzene ring substituents is 1. The fourth-order valence-corrected chi connectivity index (χ4v) is 1.81. The van der Waals surface area contributed by atoms with E-state index in [0.29, 0.717) is 5.75 Å². The number of para-hydroxylation sites is 1. The van der Waals surface area contributed by atoms with Gasteiger partial charge in [0.15, 0.2) is 6.61 Å². The van der Waals surface area contributed by atoms with E-state index < -0.39 is 16.7 Å². The van der Waals surface area contributed by atoms with Gasteiger partial charge < -0.3 is 15.8 Å². The Morgan fingerprint density at radius 3 is 2.39 bits per heavy atom. The summed E-state index contributed by atoms with van der Waals surface area (Å²) in [6.45, 7) is -0.315. The van der Waals surface area contributed by atoms with Crippen LogP contribution in [0, 0.1) is 10.1 Å². The first-order valence-electron chi connectivity index (χ1n) is 6.53. The number of rotatable bonds is 6. The second-order valence-electron chi connectivity index (χ2n) is 4.50. The summed E-state index contributed by atoms with van der Waals surface area (Å²) < 4.78 is 5.22. The third-order valence-corrected chi connectivity index (χ3v) is 2.88. The Hall–Kier alpha value is -3.42. The van der Waals surface area contributed by atoms with Crippen molar-refractivity contribution in [1.29, 1.82) is 0 Å². The zero-order valence-corrected chi connectivity index (χ0v) is 11.9. The zero-order valence-electron chi connectivity index (χ0n) is 11.9. The van der Waals surface area contributed by atoms with Gasteiger partial charge in [-0.25, -0.2) is 0 Å². The predicted octanol–water partition coefficient (Wildman–Crippen LogP) is 1.71. The summed E-state index contributed by atoms with van der Waals surface area (Å²) in [4.78, 5) is 33.1. The van der Waals surface area contributed by atoms with Crippen LogP contribution in [0.4, 0.5) is 11.4 Å². The van der Waals surface area contributed by atoms with Gasteiger partial charge >= 0.3 is 0 Å². The molecule has 0 aliphatic rings. The zero-order chi connectivity index (χ0) is 16.8. The number of nitrogens with one attached hydrogen (secondary N) is 1. The first-order valence-corrected chi connectivity index (χ1v) is 6.53. The molecule has 2 amide bonds. The Bertz CT molecular complexity index is 743. The largest absolute Gasteiger partial charge is 0.484 e. The molecular formula is C15H13N3O5. The average Bonchev–Trinajstić information content (AvgIpc) is 2.53. The molecule has 8 heteroatoms. The van der Waals surface area contributed by atoms with E-state index in [-0.39, 0.29) is 23.5 Å². The Kier molecular flexibility index (Phi) is 4.88. The first kappa shape index (κ1) is 16.0. The van der Waals surface area contributed by atoms with E-state index in [1.807, 2.05) is 0 Å². The van der Waals surface area contributed by atoms with Gasteiger partial charge in [-0.1, -0.05) is 12.1 Å². The third-order valence-electron chi connectivity index (χ3n) is 2.88. The summed E-state index contributed by atoms with van der Waals surface area (Å²) in [6.07, 6.45) is 0. The maximum absolute atomic E-state index is 11.8. The van der Waals surface area contributed by atoms with Gasteiger partial charge in [0.05, 0.1) is 16.2 Å². The third kappa shape index (κ3) is 4.27. The monoisotopic (exact) mass is 315 g/mol. The molecule has 0 saturated carbocycles. The first-order chi connectivity index (χ1) is 11.0. The lowest BCUT2D eigenvalue weighted by molar-refractivity contribution is -0.384. The number of nitro benzene ring substituents is 1. The van der Waals surface area contributed by atoms with Crippen molar-refractivity contribution in [3.63, 3.8) is 0 Å². The fraction of sp³-hybridized carbons (Fsp3) is 0.0667. The fourth-order valence-electron chi connectivity index (χ4n) is 1.81. The van der Waals surface area contributed by atoms with Gasteiger partial charge in [0.25, 0.3) is 17.5 Å². The van der Waals surface area contributed by atoms with Gasteiger partial charge in [0.1, 0.15) is 5.75 Å². The molecule has 0 spiro atoms. The lowest BCUT2D eigenvalue weighted by Crippen LogP contribution is -2.22. The molecule has 2 aromatic carbocycles. The highest BCUT2D eigenvalue weighted by atomic mass is 16.6. The molecule has 0 saturated heterocycles. The smallest absolute Gasteiger partial charge is 0.269 e. The van der Waals surface area contributed by atoms with Gasteiger partial charge in [-0.15, -0.1) is 0 Å². The van der Waals surface area contributed by atoms with Crippen molar-refractivity contribution in [3.05, 3.63) is 64.2 Å². The molecule has 2 rings (SSSR count). The summed E-state index contributed by atoms with van der Waals surface area (Å²) in [5.74, 6) is -0.830. The van der Waals surface area contributed by atoms with E-state index in [9.17, 15) is 19.7 Å². The van der Waals surface area contributed by atoms with Gasteiger partial charge in [-0.2, -0.15) is 0 Å². The van der Waals surface area contributed by atoms with Gasteiger partial charge in [-0.3, -0.25) is 19.7 Å². The van der Waals surface area contributed by atoms with Crippen LogP contribution in [0.2, 0.25) is 0 Å². The van der Waals surface area contributed by atoms with E-state index >= 15 is 0 Å². The minimum absolute atomic E-state index is 0.0720. The van der Waals surface area contributed by atoms with Crippen molar-refractivity contribution in [2.75, 3.05) is 11.9 Å². The molecule has 0 aliphatic carbocycles. The molecule has 0 fully saturated rings. The molecule has 2 aromatic rings. The number of benzene rings is 2. The van der Waals surface area contributed by atoms with Crippen molar-refractivity contribution >= 4 is 23.2 Å². The number of nitrogens with two attached hydrogens (primary N) is 1. The van der Waals surface area contributed by atoms with Gasteiger partial charge in [0.2, 0.25) is 0 Å². The molecule has 3 N–H and O–H groups in total. The van der Waals surface area contributed by atoms with Crippen LogP contribution in [-0.2, 0) is 4.79 Å². The molecule has 23 heavy (non-hydrogen) atoms. The number of hydrogen-bond donors (Lipinski definition) is 2. The van der Waals surface area contributed by atoms with Gasteiger partial charge in [-0.05, 0) is 24.3 Å². The van der Waals surface area contributed by atoms with Crippen molar-refractivity contribution < 1.29 is 19.2 Å². The number of primary amides is 1. The number of nitrogens with zero attached hydrogens (tertiary/aromatic N) is 1. The lowest BCUT2D eigenvalue weighted by Gasteiger charge is -2.09. The minimum Gasteiger partial charge on any atom is -0.484 e. The van der Waals surface area contributed by atoms with Crippen LogP contribution in [0.15, 0.2) is 48.5 Å². The van der Waals surface area contributed by atoms with E-state index in [1.54, 1.807) is 18.2 Å². The van der Waals surface area contributed by atoms with Crippen LogP contribution in [0.25, 0.3) is 0 Å². The minimum atomic E-state index is -0.655. The van der Waals surface area contributed by atoms with Gasteiger partial charge in [0, 0.05) is 12.1 Å². The van der Waals surface area contributed by atoms with Crippen molar-refractivity contribution in [2.24, 2.45) is 5.73 Å². The van der Waals surface area contributed by atoms with Crippen LogP contribution in [-0.4, -0.2) is 23.3 Å². The standard InChI is InChI=1S/C15H13N3O5/c16-15(20)12-3-1-2-4-13(12)17-14(19)9-23-11-7-5-10(6-8-11)18(21)22/h1-8H,9H2,(H2,16,20)(H,17,19). The van der Waals surface area contributed by atoms with Crippen molar-refractivity contribution in [1.82, 2.24) is 0 Å². The molecule has 0 aliphatic heterocycles. The SMILES string of the molecule is NC(=O)c1ccccc1NC(=O)COc1ccc([N+](=O)[O-])cc1. The molecular weight excluding hydrogens is 302 g/mol. The highest BCUT2D eigenvalue weighted by Gasteiger charge is 2.11. The summed E-state index contributed by atoms with van der Waals surface area (Å²) in [6, 6.07) is 11.7. The van der Waals surface area contributed by atoms with Crippen LogP contribution in [0.3, 0.4) is 0 Å². The number of anilines is 1. The van der Waals surface area contributed by atoms with E-state index in [1.165, 1.54) is 30.3 Å². The van der Waals surface area contributed by atoms with Crippen LogP contribution in [0.1, 0.15) is 10.4 Å². The Morgan fingerprint density at radius 1 is 1.13 bits per heavy atom. The Labute approximate surface area is 131 Å². The number of carbonyl (C=O) groups excluding carboxylic acids is 2. The molecule has 8 nitrogen and oxygen atoms in total. The molecule has 0 bridgehead atoms. The maximum atomic E-state index is 11.8. The summed E-state index contributed by atoms with van der Waals surface area (Å²) in [5, 5.41) is 13.1. The average molecular weight is 315 g/mol. The van der Waals surface area contributed by atoms with Crippen LogP contribution in [0.5, 0.6) is 5.75 Å². The number of carbonyl (C=O) groups is 2. The molecule has 0 unspecified atom stereocenters. The molecule has 0 aromatic heterocycles. The maximum Gasteiger partial charge on any atom is 0.269 e. The normalized spacial score (nSPS) is 9.91. The quantitative estimate of drug-likeness (QED) is 0.620. The predicted molar refractivity (Wildman–Crippen MR) is 82.2 cm³/mol. The molecule has 0 heterocycles. The van der Waals surface area contributed by atoms with Crippen LogP contribution >= 0.6 is 0 Å². The number of hydrogen-bond acceptors (Lipinski definition) is 5. The highest BCUT2D eigenvalue weighted by molar-refractivity contribution is 6.03. The summed E-state index contributed by atoms with van der Waals surface area (Å²) in [5.41, 5.74) is 5.63. The molecule has 0 atom stereocenters. The van der Waals surface area contributed by atoms with E-state index in [4.69, 9.17) is 10.5 Å². The number of amides is 2. The Morgan fingerprint density at radius 2 is 1.78 bits per heavy atom. The van der Waals surface area contributed by atoms with Crippen molar-refractivity contribution in [2.45, 2.75) is 0 Å². The van der Waals surface area contributed by atoms with E-state index in [0.717, 1.165) is 0 Å². The second-order valence-corrected chi connectivity index (χ2v) is 4.50. The number of nitro groups is 1. The van der Waals surface area contributed by atoms with Crippen molar-refractivity contribution in [3.8, 4) is 5.75 Å².